The number of hydrogen-bond donors (Lipinski definition) is 1. The van der Waals surface area contributed by atoms with E-state index in [-0.39, 0.29) is 11.7 Å². The minimum atomic E-state index is -0.309. The van der Waals surface area contributed by atoms with E-state index in [1.165, 1.54) is 19.1 Å². The zero-order chi connectivity index (χ0) is 14.0. The van der Waals surface area contributed by atoms with E-state index in [9.17, 15) is 9.18 Å². The molecular formula is C15H24FNO. The van der Waals surface area contributed by atoms with Gasteiger partial charge in [0.05, 0.1) is 5.83 Å². The third kappa shape index (κ3) is 7.82. The van der Waals surface area contributed by atoms with Gasteiger partial charge in [-0.2, -0.15) is 0 Å². The van der Waals surface area contributed by atoms with Gasteiger partial charge < -0.3 is 5.32 Å². The van der Waals surface area contributed by atoms with Crippen LogP contribution in [0.1, 0.15) is 47.0 Å². The van der Waals surface area contributed by atoms with Crippen LogP contribution in [0.2, 0.25) is 0 Å². The molecule has 0 aromatic heterocycles. The smallest absolute Gasteiger partial charge is 0.251 e. The SMILES string of the molecule is CCCCNC(=O)C(/C=C(\C)CC)=C/C=C(\C)F. The van der Waals surface area contributed by atoms with E-state index in [4.69, 9.17) is 0 Å². The Bertz CT molecular complexity index is 350. The normalized spacial score (nSPS) is 13.7. The van der Waals surface area contributed by atoms with Crippen LogP contribution in [0, 0.1) is 0 Å². The molecule has 0 atom stereocenters. The van der Waals surface area contributed by atoms with Crippen molar-refractivity contribution in [1.82, 2.24) is 5.32 Å². The zero-order valence-electron chi connectivity index (χ0n) is 11.8. The molecule has 0 heterocycles. The second-order valence-corrected chi connectivity index (χ2v) is 4.33. The maximum absolute atomic E-state index is 12.7. The van der Waals surface area contributed by atoms with Crippen LogP contribution in [0.15, 0.2) is 35.2 Å². The lowest BCUT2D eigenvalue weighted by Crippen LogP contribution is -2.25. The van der Waals surface area contributed by atoms with Crippen molar-refractivity contribution in [2.24, 2.45) is 0 Å². The van der Waals surface area contributed by atoms with Crippen LogP contribution in [0.4, 0.5) is 4.39 Å². The first kappa shape index (κ1) is 16.6. The minimum absolute atomic E-state index is 0.145. The Kier molecular flexibility index (Phi) is 8.89. The summed E-state index contributed by atoms with van der Waals surface area (Å²) < 4.78 is 12.7. The highest BCUT2D eigenvalue weighted by Gasteiger charge is 2.05. The fourth-order valence-corrected chi connectivity index (χ4v) is 1.24. The van der Waals surface area contributed by atoms with Gasteiger partial charge in [0.2, 0.25) is 0 Å². The van der Waals surface area contributed by atoms with E-state index in [1.807, 2.05) is 13.8 Å². The fourth-order valence-electron chi connectivity index (χ4n) is 1.24. The average Bonchev–Trinajstić information content (AvgIpc) is 2.33. The van der Waals surface area contributed by atoms with Crippen molar-refractivity contribution in [3.63, 3.8) is 0 Å². The lowest BCUT2D eigenvalue weighted by atomic mass is 10.1. The number of halogens is 1. The van der Waals surface area contributed by atoms with E-state index in [2.05, 4.69) is 12.2 Å². The van der Waals surface area contributed by atoms with Crippen LogP contribution in [0.3, 0.4) is 0 Å². The van der Waals surface area contributed by atoms with Crippen LogP contribution in [0.5, 0.6) is 0 Å². The molecule has 0 rings (SSSR count). The number of nitrogens with one attached hydrogen (secondary N) is 1. The van der Waals surface area contributed by atoms with E-state index < -0.39 is 0 Å². The molecule has 0 unspecified atom stereocenters. The van der Waals surface area contributed by atoms with Crippen LogP contribution in [0.25, 0.3) is 0 Å². The molecule has 0 aliphatic rings. The fraction of sp³-hybridized carbons (Fsp3) is 0.533. The summed E-state index contributed by atoms with van der Waals surface area (Å²) in [4.78, 5) is 11.9. The molecule has 1 N–H and O–H groups in total. The van der Waals surface area contributed by atoms with Gasteiger partial charge >= 0.3 is 0 Å². The molecule has 18 heavy (non-hydrogen) atoms. The topological polar surface area (TPSA) is 29.1 Å². The Morgan fingerprint density at radius 3 is 2.39 bits per heavy atom. The van der Waals surface area contributed by atoms with Crippen molar-refractivity contribution < 1.29 is 9.18 Å². The molecule has 0 bridgehead atoms. The van der Waals surface area contributed by atoms with Gasteiger partial charge in [0.25, 0.3) is 5.91 Å². The lowest BCUT2D eigenvalue weighted by molar-refractivity contribution is -0.117. The van der Waals surface area contributed by atoms with Crippen molar-refractivity contribution in [3.8, 4) is 0 Å². The molecule has 0 spiro atoms. The van der Waals surface area contributed by atoms with Crippen molar-refractivity contribution >= 4 is 5.91 Å². The van der Waals surface area contributed by atoms with E-state index in [0.717, 1.165) is 24.8 Å². The second kappa shape index (κ2) is 9.63. The van der Waals surface area contributed by atoms with Gasteiger partial charge in [0.1, 0.15) is 0 Å². The Morgan fingerprint density at radius 2 is 1.89 bits per heavy atom. The van der Waals surface area contributed by atoms with Gasteiger partial charge in [-0.1, -0.05) is 31.9 Å². The first-order valence-electron chi connectivity index (χ1n) is 6.50. The number of amides is 1. The summed E-state index contributed by atoms with van der Waals surface area (Å²) in [6.07, 6.45) is 7.50. The number of carbonyl (C=O) groups excluding carboxylic acids is 1. The van der Waals surface area contributed by atoms with Crippen molar-refractivity contribution in [2.75, 3.05) is 6.54 Å². The first-order valence-corrected chi connectivity index (χ1v) is 6.50. The van der Waals surface area contributed by atoms with Crippen molar-refractivity contribution in [1.29, 1.82) is 0 Å². The Balaban J connectivity index is 4.82. The van der Waals surface area contributed by atoms with Gasteiger partial charge in [0.15, 0.2) is 0 Å². The van der Waals surface area contributed by atoms with Crippen LogP contribution in [-0.4, -0.2) is 12.5 Å². The van der Waals surface area contributed by atoms with Gasteiger partial charge in [0, 0.05) is 12.1 Å². The minimum Gasteiger partial charge on any atom is -0.352 e. The summed E-state index contributed by atoms with van der Waals surface area (Å²) in [6, 6.07) is 0. The highest BCUT2D eigenvalue weighted by Crippen LogP contribution is 2.08. The predicted octanol–water partition coefficient (Wildman–Crippen LogP) is 4.06. The predicted molar refractivity (Wildman–Crippen MR) is 74.9 cm³/mol. The Hall–Kier alpha value is -1.38. The third-order valence-electron chi connectivity index (χ3n) is 2.53. The summed E-state index contributed by atoms with van der Waals surface area (Å²) in [7, 11) is 0. The number of hydrogen-bond acceptors (Lipinski definition) is 1. The first-order chi connectivity index (χ1) is 8.51. The van der Waals surface area contributed by atoms with Crippen LogP contribution >= 0.6 is 0 Å². The van der Waals surface area contributed by atoms with E-state index >= 15 is 0 Å². The zero-order valence-corrected chi connectivity index (χ0v) is 11.8. The summed E-state index contributed by atoms with van der Waals surface area (Å²) in [5.41, 5.74) is 1.60. The third-order valence-corrected chi connectivity index (χ3v) is 2.53. The number of rotatable bonds is 7. The molecule has 0 radical (unpaired) electrons. The molecule has 0 saturated carbocycles. The van der Waals surface area contributed by atoms with Crippen LogP contribution < -0.4 is 5.32 Å². The van der Waals surface area contributed by atoms with Gasteiger partial charge in [-0.25, -0.2) is 4.39 Å². The maximum Gasteiger partial charge on any atom is 0.251 e. The summed E-state index contributed by atoms with van der Waals surface area (Å²) in [5, 5.41) is 2.83. The molecule has 2 nitrogen and oxygen atoms in total. The molecular weight excluding hydrogens is 229 g/mol. The van der Waals surface area contributed by atoms with E-state index in [1.54, 1.807) is 6.08 Å². The van der Waals surface area contributed by atoms with Crippen molar-refractivity contribution in [2.45, 2.75) is 47.0 Å². The molecule has 0 fully saturated rings. The molecule has 0 aliphatic carbocycles. The Labute approximate surface area is 110 Å². The van der Waals surface area contributed by atoms with Gasteiger partial charge in [-0.3, -0.25) is 4.79 Å². The highest BCUT2D eigenvalue weighted by molar-refractivity contribution is 5.96. The highest BCUT2D eigenvalue weighted by atomic mass is 19.1. The monoisotopic (exact) mass is 253 g/mol. The summed E-state index contributed by atoms with van der Waals surface area (Å²) in [6.45, 7) is 8.07. The lowest BCUT2D eigenvalue weighted by Gasteiger charge is -2.06. The average molecular weight is 253 g/mol. The maximum atomic E-state index is 12.7. The standard InChI is InChI=1S/C15H24FNO/c1-5-7-10-17-15(18)14(9-8-13(4)16)11-12(3)6-2/h8-9,11H,5-7,10H2,1-4H3,(H,17,18)/b12-11+,13-8+,14-9+. The molecule has 0 aliphatic heterocycles. The van der Waals surface area contributed by atoms with Crippen molar-refractivity contribution in [3.05, 3.63) is 35.2 Å². The molecule has 0 aromatic carbocycles. The molecule has 102 valence electrons. The quantitative estimate of drug-likeness (QED) is 0.414. The molecule has 1 amide bonds. The number of carbonyl (C=O) groups is 1. The molecule has 0 saturated heterocycles. The number of allylic oxidation sites excluding steroid dienone is 4. The van der Waals surface area contributed by atoms with E-state index in [0.29, 0.717) is 12.1 Å². The Morgan fingerprint density at radius 1 is 1.22 bits per heavy atom. The molecule has 3 heteroatoms. The second-order valence-electron chi connectivity index (χ2n) is 4.33. The van der Waals surface area contributed by atoms with Crippen LogP contribution in [-0.2, 0) is 4.79 Å². The summed E-state index contributed by atoms with van der Waals surface area (Å²) >= 11 is 0. The van der Waals surface area contributed by atoms with Gasteiger partial charge in [-0.15, -0.1) is 0 Å². The molecule has 0 aromatic rings. The van der Waals surface area contributed by atoms with Gasteiger partial charge in [-0.05, 0) is 38.8 Å². The summed E-state index contributed by atoms with van der Waals surface area (Å²) in [5.74, 6) is -0.454. The largest absolute Gasteiger partial charge is 0.352 e. The number of unbranched alkanes of at least 4 members (excludes halogenated alkanes) is 1.